The summed E-state index contributed by atoms with van der Waals surface area (Å²) in [6.45, 7) is 4.23. The van der Waals surface area contributed by atoms with Gasteiger partial charge in [0.1, 0.15) is 5.75 Å². The molecule has 0 amide bonds. The molecule has 0 unspecified atom stereocenters. The Morgan fingerprint density at radius 1 is 1.31 bits per heavy atom. The van der Waals surface area contributed by atoms with E-state index in [9.17, 15) is 0 Å². The maximum absolute atomic E-state index is 5.42. The molecule has 2 nitrogen and oxygen atoms in total. The highest BCUT2D eigenvalue weighted by Gasteiger charge is 1.91. The molecule has 13 heavy (non-hydrogen) atoms. The molecule has 0 saturated heterocycles. The second-order valence-corrected chi connectivity index (χ2v) is 2.63. The van der Waals surface area contributed by atoms with Gasteiger partial charge in [0.05, 0.1) is 6.61 Å². The highest BCUT2D eigenvalue weighted by Crippen LogP contribution is 2.07. The van der Waals surface area contributed by atoms with Crippen LogP contribution in [0.25, 0.3) is 0 Å². The van der Waals surface area contributed by atoms with Crippen molar-refractivity contribution in [3.63, 3.8) is 0 Å². The monoisotopic (exact) mass is 179 g/mol. The molecule has 0 heterocycles. The maximum Gasteiger partial charge on any atom is 0.127 e. The first kappa shape index (κ1) is 10.1. The minimum absolute atomic E-state index is 0.695. The van der Waals surface area contributed by atoms with E-state index in [2.05, 4.69) is 6.07 Å². The van der Waals surface area contributed by atoms with Crippen molar-refractivity contribution in [2.75, 3.05) is 19.8 Å². The quantitative estimate of drug-likeness (QED) is 0.624. The fraction of sp³-hybridized carbons (Fsp3) is 0.455. The van der Waals surface area contributed by atoms with Crippen LogP contribution < -0.4 is 4.74 Å². The van der Waals surface area contributed by atoms with Crippen LogP contribution >= 0.6 is 0 Å². The Morgan fingerprint density at radius 2 is 2.23 bits per heavy atom. The molecule has 0 aromatic heterocycles. The summed E-state index contributed by atoms with van der Waals surface area (Å²) < 4.78 is 10.6. The molecule has 0 saturated carbocycles. The molecular weight excluding hydrogens is 164 g/mol. The fourth-order valence-electron chi connectivity index (χ4n) is 0.954. The Hall–Kier alpha value is -1.02. The first-order valence-electron chi connectivity index (χ1n) is 4.60. The lowest BCUT2D eigenvalue weighted by atomic mass is 10.3. The zero-order valence-corrected chi connectivity index (χ0v) is 7.95. The van der Waals surface area contributed by atoms with Crippen LogP contribution in [-0.4, -0.2) is 19.8 Å². The van der Waals surface area contributed by atoms with Crippen molar-refractivity contribution in [3.05, 3.63) is 30.3 Å². The van der Waals surface area contributed by atoms with Crippen molar-refractivity contribution in [3.8, 4) is 5.75 Å². The maximum atomic E-state index is 5.42. The van der Waals surface area contributed by atoms with Gasteiger partial charge in [-0.2, -0.15) is 0 Å². The SMILES string of the molecule is CCOCCCOc1[c]cccc1. The molecule has 2 heteroatoms. The smallest absolute Gasteiger partial charge is 0.127 e. The van der Waals surface area contributed by atoms with Crippen LogP contribution in [0, 0.1) is 6.07 Å². The molecule has 0 aliphatic rings. The largest absolute Gasteiger partial charge is 0.493 e. The fourth-order valence-corrected chi connectivity index (χ4v) is 0.954. The first-order chi connectivity index (χ1) is 6.43. The van der Waals surface area contributed by atoms with E-state index in [1.807, 2.05) is 31.2 Å². The molecule has 0 N–H and O–H groups in total. The number of ether oxygens (including phenoxy) is 2. The van der Waals surface area contributed by atoms with E-state index in [-0.39, 0.29) is 0 Å². The third kappa shape index (κ3) is 4.53. The molecule has 0 fully saturated rings. The van der Waals surface area contributed by atoms with Crippen molar-refractivity contribution in [1.29, 1.82) is 0 Å². The summed E-state index contributed by atoms with van der Waals surface area (Å²) >= 11 is 0. The van der Waals surface area contributed by atoms with Gasteiger partial charge in [-0.05, 0) is 13.0 Å². The van der Waals surface area contributed by atoms with Crippen molar-refractivity contribution in [1.82, 2.24) is 0 Å². The Kier molecular flexibility index (Phi) is 5.02. The molecule has 1 aromatic carbocycles. The number of para-hydroxylation sites is 1. The average Bonchev–Trinajstić information content (AvgIpc) is 2.19. The predicted octanol–water partition coefficient (Wildman–Crippen LogP) is 2.29. The Morgan fingerprint density at radius 3 is 2.92 bits per heavy atom. The molecule has 0 aliphatic heterocycles. The molecule has 0 aliphatic carbocycles. The standard InChI is InChI=1S/C11H15O2/c1-2-12-9-6-10-13-11-7-4-3-5-8-11/h3-5,7H,2,6,9-10H2,1H3. The molecule has 1 radical (unpaired) electrons. The second-order valence-electron chi connectivity index (χ2n) is 2.63. The molecule has 0 spiro atoms. The van der Waals surface area contributed by atoms with Crippen molar-refractivity contribution in [2.24, 2.45) is 0 Å². The van der Waals surface area contributed by atoms with Crippen LogP contribution in [0.3, 0.4) is 0 Å². The molecule has 1 aromatic rings. The van der Waals surface area contributed by atoms with Gasteiger partial charge in [-0.15, -0.1) is 0 Å². The van der Waals surface area contributed by atoms with E-state index >= 15 is 0 Å². The van der Waals surface area contributed by atoms with E-state index in [1.165, 1.54) is 0 Å². The summed E-state index contributed by atoms with van der Waals surface area (Å²) in [6, 6.07) is 10.6. The van der Waals surface area contributed by atoms with Gasteiger partial charge in [0.25, 0.3) is 0 Å². The topological polar surface area (TPSA) is 18.5 Å². The van der Waals surface area contributed by atoms with Crippen LogP contribution in [0.5, 0.6) is 5.75 Å². The van der Waals surface area contributed by atoms with E-state index in [0.717, 1.165) is 25.4 Å². The van der Waals surface area contributed by atoms with Crippen LogP contribution in [0.2, 0.25) is 0 Å². The summed E-state index contributed by atoms with van der Waals surface area (Å²) in [7, 11) is 0. The average molecular weight is 179 g/mol. The van der Waals surface area contributed by atoms with E-state index in [0.29, 0.717) is 6.61 Å². The van der Waals surface area contributed by atoms with Crippen LogP contribution in [0.4, 0.5) is 0 Å². The van der Waals surface area contributed by atoms with Crippen molar-refractivity contribution in [2.45, 2.75) is 13.3 Å². The molecule has 0 atom stereocenters. The Labute approximate surface area is 79.5 Å². The molecule has 0 bridgehead atoms. The summed E-state index contributed by atoms with van der Waals surface area (Å²) in [5, 5.41) is 0. The van der Waals surface area contributed by atoms with Gasteiger partial charge in [0.2, 0.25) is 0 Å². The lowest BCUT2D eigenvalue weighted by molar-refractivity contribution is 0.131. The van der Waals surface area contributed by atoms with Gasteiger partial charge in [-0.1, -0.05) is 18.2 Å². The summed E-state index contributed by atoms with van der Waals surface area (Å²) in [5.41, 5.74) is 0. The first-order valence-corrected chi connectivity index (χ1v) is 4.60. The summed E-state index contributed by atoms with van der Waals surface area (Å²) in [6.07, 6.45) is 0.927. The second kappa shape index (κ2) is 6.49. The Balaban J connectivity index is 2.07. The zero-order valence-electron chi connectivity index (χ0n) is 7.95. The predicted molar refractivity (Wildman–Crippen MR) is 51.9 cm³/mol. The molecular formula is C11H15O2. The van der Waals surface area contributed by atoms with Gasteiger partial charge >= 0.3 is 0 Å². The lowest BCUT2D eigenvalue weighted by Crippen LogP contribution is -2.02. The molecule has 71 valence electrons. The third-order valence-corrected chi connectivity index (χ3v) is 1.58. The highest BCUT2D eigenvalue weighted by molar-refractivity contribution is 5.19. The number of hydrogen-bond donors (Lipinski definition) is 0. The van der Waals surface area contributed by atoms with E-state index in [1.54, 1.807) is 0 Å². The van der Waals surface area contributed by atoms with Crippen LogP contribution in [-0.2, 0) is 4.74 Å². The van der Waals surface area contributed by atoms with Crippen molar-refractivity contribution >= 4 is 0 Å². The van der Waals surface area contributed by atoms with Crippen LogP contribution in [0.15, 0.2) is 24.3 Å². The zero-order chi connectivity index (χ0) is 9.36. The van der Waals surface area contributed by atoms with Crippen molar-refractivity contribution < 1.29 is 9.47 Å². The van der Waals surface area contributed by atoms with E-state index in [4.69, 9.17) is 9.47 Å². The van der Waals surface area contributed by atoms with Gasteiger partial charge < -0.3 is 9.47 Å². The number of rotatable bonds is 6. The number of hydrogen-bond acceptors (Lipinski definition) is 2. The van der Waals surface area contributed by atoms with Gasteiger partial charge in [-0.3, -0.25) is 0 Å². The number of benzene rings is 1. The highest BCUT2D eigenvalue weighted by atomic mass is 16.5. The Bertz CT molecular complexity index is 209. The minimum Gasteiger partial charge on any atom is -0.493 e. The van der Waals surface area contributed by atoms with Gasteiger partial charge in [0.15, 0.2) is 0 Å². The van der Waals surface area contributed by atoms with Gasteiger partial charge in [0, 0.05) is 25.7 Å². The minimum atomic E-state index is 0.695. The summed E-state index contributed by atoms with van der Waals surface area (Å²) in [4.78, 5) is 0. The molecule has 1 rings (SSSR count). The van der Waals surface area contributed by atoms with Gasteiger partial charge in [-0.25, -0.2) is 0 Å². The van der Waals surface area contributed by atoms with Crippen LogP contribution in [0.1, 0.15) is 13.3 Å². The normalized spacial score (nSPS) is 9.92. The third-order valence-electron chi connectivity index (χ3n) is 1.58. The van der Waals surface area contributed by atoms with E-state index < -0.39 is 0 Å². The summed E-state index contributed by atoms with van der Waals surface area (Å²) in [5.74, 6) is 0.805. The lowest BCUT2D eigenvalue weighted by Gasteiger charge is -2.04.